The number of nitrogens with zero attached hydrogens (tertiary/aromatic N) is 2. The maximum atomic E-state index is 11.9. The van der Waals surface area contributed by atoms with E-state index in [4.69, 9.17) is 32.7 Å². The molecule has 30 heavy (non-hydrogen) atoms. The second kappa shape index (κ2) is 10.7. The Morgan fingerprint density at radius 3 is 2.50 bits per heavy atom. The lowest BCUT2D eigenvalue weighted by atomic mass is 10.1. The SMILES string of the molecule is CCOc1ccc(-c2ccc(OCCNC(=O)Nc3cc(Cl)ccc3Cl)nn2)cc1. The molecule has 2 amide bonds. The fourth-order valence-electron chi connectivity index (χ4n) is 2.52. The number of carbonyl (C=O) groups is 1. The maximum absolute atomic E-state index is 11.9. The molecule has 0 saturated carbocycles. The van der Waals surface area contributed by atoms with Gasteiger partial charge in [0.1, 0.15) is 12.4 Å². The Morgan fingerprint density at radius 2 is 1.80 bits per heavy atom. The predicted molar refractivity (Wildman–Crippen MR) is 118 cm³/mol. The van der Waals surface area contributed by atoms with Crippen molar-refractivity contribution < 1.29 is 14.3 Å². The van der Waals surface area contributed by atoms with Gasteiger partial charge in [-0.2, -0.15) is 0 Å². The van der Waals surface area contributed by atoms with Gasteiger partial charge in [-0.15, -0.1) is 10.2 Å². The minimum atomic E-state index is -0.417. The summed E-state index contributed by atoms with van der Waals surface area (Å²) < 4.78 is 10.9. The van der Waals surface area contributed by atoms with Crippen molar-refractivity contribution in [1.82, 2.24) is 15.5 Å². The van der Waals surface area contributed by atoms with E-state index in [0.29, 0.717) is 28.2 Å². The van der Waals surface area contributed by atoms with Crippen molar-refractivity contribution in [2.45, 2.75) is 6.92 Å². The highest BCUT2D eigenvalue weighted by molar-refractivity contribution is 6.35. The van der Waals surface area contributed by atoms with Crippen molar-refractivity contribution in [3.8, 4) is 22.9 Å². The number of ether oxygens (including phenoxy) is 2. The van der Waals surface area contributed by atoms with Gasteiger partial charge in [-0.25, -0.2) is 4.79 Å². The Morgan fingerprint density at radius 1 is 1.00 bits per heavy atom. The number of hydrogen-bond acceptors (Lipinski definition) is 5. The van der Waals surface area contributed by atoms with E-state index in [-0.39, 0.29) is 13.2 Å². The lowest BCUT2D eigenvalue weighted by molar-refractivity contribution is 0.246. The number of hydrogen-bond donors (Lipinski definition) is 2. The van der Waals surface area contributed by atoms with Crippen molar-refractivity contribution in [1.29, 1.82) is 0 Å². The van der Waals surface area contributed by atoms with Crippen LogP contribution in [0.15, 0.2) is 54.6 Å². The molecule has 0 aliphatic heterocycles. The van der Waals surface area contributed by atoms with Gasteiger partial charge in [0.15, 0.2) is 0 Å². The molecule has 2 N–H and O–H groups in total. The highest BCUT2D eigenvalue weighted by Crippen LogP contribution is 2.25. The highest BCUT2D eigenvalue weighted by Gasteiger charge is 2.07. The van der Waals surface area contributed by atoms with Crippen LogP contribution in [0.2, 0.25) is 10.0 Å². The standard InChI is InChI=1S/C21H20Cl2N4O3/c1-2-29-16-6-3-14(4-7-16)18-9-10-20(27-26-18)30-12-11-24-21(28)25-19-13-15(22)5-8-17(19)23/h3-10,13H,2,11-12H2,1H3,(H2,24,25,28). The van der Waals surface area contributed by atoms with E-state index in [2.05, 4.69) is 20.8 Å². The van der Waals surface area contributed by atoms with Crippen LogP contribution >= 0.6 is 23.2 Å². The van der Waals surface area contributed by atoms with E-state index >= 15 is 0 Å². The number of nitrogens with one attached hydrogen (secondary N) is 2. The van der Waals surface area contributed by atoms with Crippen LogP contribution in [0.3, 0.4) is 0 Å². The number of aromatic nitrogens is 2. The molecule has 3 aromatic rings. The van der Waals surface area contributed by atoms with Crippen molar-refractivity contribution in [3.63, 3.8) is 0 Å². The van der Waals surface area contributed by atoms with Crippen molar-refractivity contribution in [2.75, 3.05) is 25.1 Å². The van der Waals surface area contributed by atoms with Crippen LogP contribution in [0.4, 0.5) is 10.5 Å². The monoisotopic (exact) mass is 446 g/mol. The zero-order valence-electron chi connectivity index (χ0n) is 16.2. The molecule has 156 valence electrons. The summed E-state index contributed by atoms with van der Waals surface area (Å²) >= 11 is 11.9. The lowest BCUT2D eigenvalue weighted by Crippen LogP contribution is -2.32. The van der Waals surface area contributed by atoms with Gasteiger partial charge in [-0.05, 0) is 55.5 Å². The lowest BCUT2D eigenvalue weighted by Gasteiger charge is -2.10. The molecule has 1 aromatic heterocycles. The van der Waals surface area contributed by atoms with E-state index in [9.17, 15) is 4.79 Å². The molecular weight excluding hydrogens is 427 g/mol. The molecule has 0 fully saturated rings. The summed E-state index contributed by atoms with van der Waals surface area (Å²) in [6.07, 6.45) is 0. The first kappa shape index (κ1) is 21.7. The van der Waals surface area contributed by atoms with Gasteiger partial charge in [0.2, 0.25) is 5.88 Å². The molecule has 0 aliphatic carbocycles. The molecule has 0 saturated heterocycles. The Hall–Kier alpha value is -3.03. The first-order valence-electron chi connectivity index (χ1n) is 9.25. The summed E-state index contributed by atoms with van der Waals surface area (Å²) in [5.74, 6) is 1.17. The summed E-state index contributed by atoms with van der Waals surface area (Å²) in [4.78, 5) is 11.9. The predicted octanol–water partition coefficient (Wildman–Crippen LogP) is 5.05. The minimum Gasteiger partial charge on any atom is -0.494 e. The van der Waals surface area contributed by atoms with E-state index < -0.39 is 6.03 Å². The van der Waals surface area contributed by atoms with E-state index in [1.807, 2.05) is 37.3 Å². The molecule has 1 heterocycles. The van der Waals surface area contributed by atoms with Gasteiger partial charge < -0.3 is 20.1 Å². The first-order valence-corrected chi connectivity index (χ1v) is 10.0. The van der Waals surface area contributed by atoms with E-state index in [1.54, 1.807) is 24.3 Å². The third-order valence-electron chi connectivity index (χ3n) is 3.92. The second-order valence-corrected chi connectivity index (χ2v) is 6.91. The molecule has 0 atom stereocenters. The van der Waals surface area contributed by atoms with Crippen LogP contribution in [0.1, 0.15) is 6.92 Å². The van der Waals surface area contributed by atoms with Crippen LogP contribution in [0, 0.1) is 0 Å². The smallest absolute Gasteiger partial charge is 0.319 e. The van der Waals surface area contributed by atoms with Crippen LogP contribution in [-0.2, 0) is 0 Å². The van der Waals surface area contributed by atoms with Crippen LogP contribution < -0.4 is 20.1 Å². The average Bonchev–Trinajstić information content (AvgIpc) is 2.75. The summed E-state index contributed by atoms with van der Waals surface area (Å²) in [6, 6.07) is 15.6. The topological polar surface area (TPSA) is 85.4 Å². The summed E-state index contributed by atoms with van der Waals surface area (Å²) in [5, 5.41) is 14.4. The third kappa shape index (κ3) is 6.23. The number of anilines is 1. The maximum Gasteiger partial charge on any atom is 0.319 e. The normalized spacial score (nSPS) is 10.4. The fourth-order valence-corrected chi connectivity index (χ4v) is 2.86. The number of halogens is 2. The molecule has 9 heteroatoms. The molecule has 3 rings (SSSR count). The van der Waals surface area contributed by atoms with Crippen molar-refractivity contribution in [3.05, 3.63) is 64.6 Å². The number of amides is 2. The Balaban J connectivity index is 1.44. The molecule has 0 bridgehead atoms. The second-order valence-electron chi connectivity index (χ2n) is 6.07. The minimum absolute atomic E-state index is 0.230. The summed E-state index contributed by atoms with van der Waals surface area (Å²) in [6.45, 7) is 3.06. The highest BCUT2D eigenvalue weighted by atomic mass is 35.5. The summed E-state index contributed by atoms with van der Waals surface area (Å²) in [5.41, 5.74) is 2.08. The quantitative estimate of drug-likeness (QED) is 0.472. The Kier molecular flexibility index (Phi) is 7.70. The van der Waals surface area contributed by atoms with Gasteiger partial charge in [0.05, 0.1) is 29.6 Å². The molecule has 2 aromatic carbocycles. The molecule has 0 unspecified atom stereocenters. The Labute approximate surface area is 184 Å². The van der Waals surface area contributed by atoms with Crippen LogP contribution in [-0.4, -0.2) is 36.0 Å². The zero-order valence-corrected chi connectivity index (χ0v) is 17.7. The van der Waals surface area contributed by atoms with Crippen molar-refractivity contribution >= 4 is 34.9 Å². The molecule has 0 aliphatic rings. The first-order chi connectivity index (χ1) is 14.5. The third-order valence-corrected chi connectivity index (χ3v) is 4.48. The largest absolute Gasteiger partial charge is 0.494 e. The number of urea groups is 1. The Bertz CT molecular complexity index is 983. The van der Waals surface area contributed by atoms with Gasteiger partial charge >= 0.3 is 6.03 Å². The van der Waals surface area contributed by atoms with E-state index in [1.165, 1.54) is 0 Å². The van der Waals surface area contributed by atoms with Gasteiger partial charge in [0.25, 0.3) is 0 Å². The molecule has 0 spiro atoms. The average molecular weight is 447 g/mol. The van der Waals surface area contributed by atoms with Gasteiger partial charge in [0, 0.05) is 16.7 Å². The van der Waals surface area contributed by atoms with Crippen LogP contribution in [0.5, 0.6) is 11.6 Å². The van der Waals surface area contributed by atoms with E-state index in [0.717, 1.165) is 17.0 Å². The fraction of sp³-hybridized carbons (Fsp3) is 0.190. The van der Waals surface area contributed by atoms with Gasteiger partial charge in [-0.1, -0.05) is 23.2 Å². The van der Waals surface area contributed by atoms with Crippen LogP contribution in [0.25, 0.3) is 11.3 Å². The van der Waals surface area contributed by atoms with Gasteiger partial charge in [-0.3, -0.25) is 0 Å². The number of carbonyl (C=O) groups excluding carboxylic acids is 1. The van der Waals surface area contributed by atoms with Crippen molar-refractivity contribution in [2.24, 2.45) is 0 Å². The molecule has 7 nitrogen and oxygen atoms in total. The summed E-state index contributed by atoms with van der Waals surface area (Å²) in [7, 11) is 0. The zero-order chi connectivity index (χ0) is 21.3. The number of benzene rings is 2. The molecular formula is C21H20Cl2N4O3. The number of rotatable bonds is 8. The molecule has 0 radical (unpaired) electrons.